The van der Waals surface area contributed by atoms with Crippen LogP contribution in [-0.4, -0.2) is 46.5 Å². The van der Waals surface area contributed by atoms with Crippen molar-refractivity contribution >= 4 is 43.7 Å². The molecule has 9 nitrogen and oxygen atoms in total. The van der Waals surface area contributed by atoms with Crippen LogP contribution in [0.15, 0.2) is 57.9 Å². The molecule has 2 aromatic carbocycles. The molecule has 0 aliphatic heterocycles. The van der Waals surface area contributed by atoms with Crippen molar-refractivity contribution in [2.24, 2.45) is 0 Å². The van der Waals surface area contributed by atoms with E-state index < -0.39 is 41.0 Å². The molecule has 29 heavy (non-hydrogen) atoms. The van der Waals surface area contributed by atoms with Crippen LogP contribution in [0.3, 0.4) is 0 Å². The van der Waals surface area contributed by atoms with E-state index in [4.69, 9.17) is 4.74 Å². The third kappa shape index (κ3) is 6.97. The molecule has 0 fully saturated rings. The van der Waals surface area contributed by atoms with Gasteiger partial charge in [0.1, 0.15) is 12.3 Å². The lowest BCUT2D eigenvalue weighted by Crippen LogP contribution is -2.36. The second-order valence-electron chi connectivity index (χ2n) is 5.55. The first-order valence-corrected chi connectivity index (χ1v) is 10.4. The van der Waals surface area contributed by atoms with Gasteiger partial charge in [-0.2, -0.15) is 4.72 Å². The van der Waals surface area contributed by atoms with Gasteiger partial charge in [-0.05, 0) is 42.5 Å². The molecule has 0 saturated heterocycles. The van der Waals surface area contributed by atoms with Crippen LogP contribution < -0.4 is 14.8 Å². The maximum Gasteiger partial charge on any atom is 0.321 e. The molecule has 154 valence electrons. The van der Waals surface area contributed by atoms with Gasteiger partial charge in [0.2, 0.25) is 10.0 Å². The Bertz CT molecular complexity index is 1010. The van der Waals surface area contributed by atoms with Gasteiger partial charge in [-0.15, -0.1) is 0 Å². The van der Waals surface area contributed by atoms with Crippen LogP contribution in [0.1, 0.15) is 10.4 Å². The Morgan fingerprint density at radius 2 is 1.76 bits per heavy atom. The van der Waals surface area contributed by atoms with Gasteiger partial charge in [-0.25, -0.2) is 8.42 Å². The number of benzene rings is 2. The lowest BCUT2D eigenvalue weighted by Gasteiger charge is -2.08. The van der Waals surface area contributed by atoms with Crippen molar-refractivity contribution < 1.29 is 32.3 Å². The van der Waals surface area contributed by atoms with Crippen LogP contribution in [0.5, 0.6) is 5.75 Å². The Labute approximate surface area is 175 Å². The quantitative estimate of drug-likeness (QED) is 0.539. The molecule has 0 aliphatic carbocycles. The summed E-state index contributed by atoms with van der Waals surface area (Å²) in [4.78, 5) is 35.3. The topological polar surface area (TPSA) is 128 Å². The second-order valence-corrected chi connectivity index (χ2v) is 8.23. The van der Waals surface area contributed by atoms with E-state index in [-0.39, 0.29) is 10.5 Å². The molecule has 11 heteroatoms. The van der Waals surface area contributed by atoms with Gasteiger partial charge in [-0.1, -0.05) is 22.0 Å². The van der Waals surface area contributed by atoms with Crippen molar-refractivity contribution in [3.05, 3.63) is 58.6 Å². The molecule has 2 rings (SSSR count). The van der Waals surface area contributed by atoms with Crippen LogP contribution in [0, 0.1) is 0 Å². The minimum atomic E-state index is -3.92. The summed E-state index contributed by atoms with van der Waals surface area (Å²) in [6.07, 6.45) is 0. The van der Waals surface area contributed by atoms with Crippen molar-refractivity contribution in [3.8, 4) is 5.75 Å². The number of ether oxygens (including phenoxy) is 2. The molecule has 0 heterocycles. The van der Waals surface area contributed by atoms with Gasteiger partial charge in [0, 0.05) is 10.0 Å². The fourth-order valence-corrected chi connectivity index (χ4v) is 3.61. The third-order valence-corrected chi connectivity index (χ3v) is 5.37. The van der Waals surface area contributed by atoms with Crippen LogP contribution in [-0.2, 0) is 24.3 Å². The summed E-state index contributed by atoms with van der Waals surface area (Å²) in [6.45, 7) is -1.41. The van der Waals surface area contributed by atoms with Crippen LogP contribution in [0.4, 0.5) is 0 Å². The third-order valence-electron chi connectivity index (χ3n) is 3.48. The largest absolute Gasteiger partial charge is 0.497 e. The number of carbonyl (C=O) groups is 3. The summed E-state index contributed by atoms with van der Waals surface area (Å²) in [5, 5.41) is 2.05. The van der Waals surface area contributed by atoms with Gasteiger partial charge < -0.3 is 9.47 Å². The number of imide groups is 1. The summed E-state index contributed by atoms with van der Waals surface area (Å²) in [5.41, 5.74) is 0.215. The zero-order valence-electron chi connectivity index (χ0n) is 15.2. The maximum atomic E-state index is 12.1. The molecule has 2 aromatic rings. The van der Waals surface area contributed by atoms with E-state index in [9.17, 15) is 22.8 Å². The van der Waals surface area contributed by atoms with E-state index in [2.05, 4.69) is 30.7 Å². The van der Waals surface area contributed by atoms with Crippen LogP contribution >= 0.6 is 15.9 Å². The number of rotatable bonds is 8. The molecular weight excluding hydrogens is 468 g/mol. The van der Waals surface area contributed by atoms with Crippen molar-refractivity contribution in [1.82, 2.24) is 10.0 Å². The van der Waals surface area contributed by atoms with Crippen molar-refractivity contribution in [2.75, 3.05) is 20.3 Å². The maximum absolute atomic E-state index is 12.1. The normalized spacial score (nSPS) is 10.8. The van der Waals surface area contributed by atoms with Gasteiger partial charge in [0.15, 0.2) is 6.61 Å². The van der Waals surface area contributed by atoms with Crippen molar-refractivity contribution in [3.63, 3.8) is 0 Å². The highest BCUT2D eigenvalue weighted by Crippen LogP contribution is 2.15. The Hall–Kier alpha value is -2.76. The molecular formula is C18H17BrN2O7S. The van der Waals surface area contributed by atoms with E-state index in [0.717, 1.165) is 0 Å². The van der Waals surface area contributed by atoms with Gasteiger partial charge in [0.25, 0.3) is 11.8 Å². The lowest BCUT2D eigenvalue weighted by atomic mass is 10.2. The average molecular weight is 485 g/mol. The zero-order chi connectivity index (χ0) is 21.4. The lowest BCUT2D eigenvalue weighted by molar-refractivity contribution is -0.147. The smallest absolute Gasteiger partial charge is 0.321 e. The highest BCUT2D eigenvalue weighted by Gasteiger charge is 2.17. The summed E-state index contributed by atoms with van der Waals surface area (Å²) < 4.78 is 36.5. The van der Waals surface area contributed by atoms with Crippen LogP contribution in [0.25, 0.3) is 0 Å². The molecule has 2 N–H and O–H groups in total. The van der Waals surface area contributed by atoms with Crippen molar-refractivity contribution in [2.45, 2.75) is 4.90 Å². The van der Waals surface area contributed by atoms with Gasteiger partial charge in [-0.3, -0.25) is 19.7 Å². The Balaban J connectivity index is 1.79. The highest BCUT2D eigenvalue weighted by atomic mass is 79.9. The Kier molecular flexibility index (Phi) is 7.88. The predicted molar refractivity (Wildman–Crippen MR) is 106 cm³/mol. The fraction of sp³-hybridized carbons (Fsp3) is 0.167. The number of methoxy groups -OCH3 is 1. The van der Waals surface area contributed by atoms with Gasteiger partial charge >= 0.3 is 5.97 Å². The number of hydrogen-bond acceptors (Lipinski definition) is 7. The standard InChI is InChI=1S/C18H17BrN2O7S/c1-27-14-7-5-12(6-8-14)18(24)21-16(22)11-28-17(23)10-20-29(25,26)15-4-2-3-13(19)9-15/h2-9,20H,10-11H2,1H3,(H,21,22,24). The number of nitrogens with one attached hydrogen (secondary N) is 2. The summed E-state index contributed by atoms with van der Waals surface area (Å²) >= 11 is 3.16. The molecule has 0 unspecified atom stereocenters. The Morgan fingerprint density at radius 3 is 2.38 bits per heavy atom. The molecule has 0 spiro atoms. The average Bonchev–Trinajstić information content (AvgIpc) is 2.71. The van der Waals surface area contributed by atoms with E-state index in [1.807, 2.05) is 0 Å². The fourth-order valence-electron chi connectivity index (χ4n) is 2.05. The number of esters is 1. The molecule has 0 bridgehead atoms. The van der Waals surface area contributed by atoms with Gasteiger partial charge in [0.05, 0.1) is 12.0 Å². The first-order valence-electron chi connectivity index (χ1n) is 8.10. The number of hydrogen-bond donors (Lipinski definition) is 2. The summed E-state index contributed by atoms with van der Waals surface area (Å²) in [7, 11) is -2.44. The zero-order valence-corrected chi connectivity index (χ0v) is 17.6. The van der Waals surface area contributed by atoms with E-state index in [1.165, 1.54) is 37.4 Å². The number of halogens is 1. The first kappa shape index (κ1) is 22.5. The molecule has 0 saturated carbocycles. The molecule has 0 aromatic heterocycles. The predicted octanol–water partition coefficient (Wildman–Crippen LogP) is 1.24. The Morgan fingerprint density at radius 1 is 1.07 bits per heavy atom. The monoisotopic (exact) mass is 484 g/mol. The van der Waals surface area contributed by atoms with Crippen molar-refractivity contribution in [1.29, 1.82) is 0 Å². The second kappa shape index (κ2) is 10.1. The SMILES string of the molecule is COc1ccc(C(=O)NC(=O)COC(=O)CNS(=O)(=O)c2cccc(Br)c2)cc1. The van der Waals surface area contributed by atoms with E-state index in [0.29, 0.717) is 10.2 Å². The number of carbonyl (C=O) groups excluding carboxylic acids is 3. The number of sulfonamides is 1. The molecule has 0 radical (unpaired) electrons. The molecule has 2 amide bonds. The molecule has 0 aliphatic rings. The minimum Gasteiger partial charge on any atom is -0.497 e. The highest BCUT2D eigenvalue weighted by molar-refractivity contribution is 9.10. The summed E-state index contributed by atoms with van der Waals surface area (Å²) in [6, 6.07) is 11.9. The number of amides is 2. The van der Waals surface area contributed by atoms with Crippen LogP contribution in [0.2, 0.25) is 0 Å². The van der Waals surface area contributed by atoms with E-state index >= 15 is 0 Å². The minimum absolute atomic E-state index is 0.0393. The first-order chi connectivity index (χ1) is 13.7. The van der Waals surface area contributed by atoms with E-state index in [1.54, 1.807) is 18.2 Å². The molecule has 0 atom stereocenters. The summed E-state index contributed by atoms with van der Waals surface area (Å²) in [5.74, 6) is -1.96.